The van der Waals surface area contributed by atoms with Crippen molar-refractivity contribution in [3.63, 3.8) is 0 Å². The van der Waals surface area contributed by atoms with E-state index in [0.29, 0.717) is 0 Å². The molecule has 1 aliphatic carbocycles. The Labute approximate surface area is 109 Å². The van der Waals surface area contributed by atoms with E-state index in [4.69, 9.17) is 9.90 Å². The van der Waals surface area contributed by atoms with E-state index in [0.717, 1.165) is 19.3 Å². The molecular formula is C14H24O4. The van der Waals surface area contributed by atoms with Crippen molar-refractivity contribution in [3.05, 3.63) is 12.2 Å². The summed E-state index contributed by atoms with van der Waals surface area (Å²) in [5.41, 5.74) is 0. The molecule has 1 saturated carbocycles. The van der Waals surface area contributed by atoms with Crippen LogP contribution < -0.4 is 0 Å². The topological polar surface area (TPSA) is 63.6 Å². The first-order valence-electron chi connectivity index (χ1n) is 6.50. The molecule has 1 fully saturated rings. The van der Waals surface area contributed by atoms with Gasteiger partial charge in [-0.1, -0.05) is 38.2 Å². The Morgan fingerprint density at radius 3 is 2.33 bits per heavy atom. The van der Waals surface area contributed by atoms with E-state index in [1.165, 1.54) is 51.7 Å². The fourth-order valence-electron chi connectivity index (χ4n) is 2.06. The first-order chi connectivity index (χ1) is 8.56. The largest absolute Gasteiger partial charge is 0.481 e. The highest BCUT2D eigenvalue weighted by Gasteiger charge is 2.11. The van der Waals surface area contributed by atoms with Gasteiger partial charge in [-0.3, -0.25) is 4.79 Å². The molecule has 0 atom stereocenters. The summed E-state index contributed by atoms with van der Waals surface area (Å²) in [6.07, 6.45) is 12.7. The molecule has 0 aromatic carbocycles. The molecule has 18 heavy (non-hydrogen) atoms. The van der Waals surface area contributed by atoms with Crippen LogP contribution in [0.5, 0.6) is 0 Å². The number of esters is 1. The van der Waals surface area contributed by atoms with Gasteiger partial charge in [0.05, 0.1) is 7.11 Å². The van der Waals surface area contributed by atoms with Crippen molar-refractivity contribution in [2.24, 2.45) is 5.92 Å². The van der Waals surface area contributed by atoms with Crippen LogP contribution in [0.2, 0.25) is 0 Å². The van der Waals surface area contributed by atoms with E-state index >= 15 is 0 Å². The number of carboxylic acid groups (broad SMARTS) is 1. The van der Waals surface area contributed by atoms with Crippen LogP contribution in [-0.2, 0) is 14.3 Å². The monoisotopic (exact) mass is 256 g/mol. The summed E-state index contributed by atoms with van der Waals surface area (Å²) in [4.78, 5) is 19.8. The van der Waals surface area contributed by atoms with Crippen molar-refractivity contribution in [3.8, 4) is 0 Å². The van der Waals surface area contributed by atoms with Gasteiger partial charge in [-0.2, -0.15) is 0 Å². The second kappa shape index (κ2) is 10.8. The Bertz CT molecular complexity index is 261. The van der Waals surface area contributed by atoms with Crippen LogP contribution in [0.1, 0.15) is 51.9 Å². The zero-order valence-electron chi connectivity index (χ0n) is 11.4. The normalized spacial score (nSPS) is 15.9. The maximum absolute atomic E-state index is 10.8. The summed E-state index contributed by atoms with van der Waals surface area (Å²) in [7, 11) is 1.41. The number of allylic oxidation sites excluding steroid dienone is 1. The van der Waals surface area contributed by atoms with Crippen molar-refractivity contribution in [1.82, 2.24) is 0 Å². The molecule has 0 saturated heterocycles. The average molecular weight is 256 g/mol. The molecule has 1 N–H and O–H groups in total. The third kappa shape index (κ3) is 11.2. The standard InChI is InChI=1S/C12H20O2.C2H4O2/c1-14-12(13)10-6-5-9-11-7-3-2-4-8-11;1-2(3)4/h6,10-11H,2-5,7-9H2,1H3;1H3,(H,3,4). The highest BCUT2D eigenvalue weighted by molar-refractivity contribution is 5.81. The maximum atomic E-state index is 10.8. The number of rotatable bonds is 4. The van der Waals surface area contributed by atoms with E-state index in [2.05, 4.69) is 4.74 Å². The fraction of sp³-hybridized carbons (Fsp3) is 0.714. The van der Waals surface area contributed by atoms with Crippen LogP contribution in [0, 0.1) is 5.92 Å². The van der Waals surface area contributed by atoms with Crippen LogP contribution in [0.15, 0.2) is 12.2 Å². The van der Waals surface area contributed by atoms with E-state index in [9.17, 15) is 4.79 Å². The van der Waals surface area contributed by atoms with E-state index < -0.39 is 5.97 Å². The van der Waals surface area contributed by atoms with E-state index in [1.54, 1.807) is 0 Å². The number of carboxylic acids is 1. The second-order valence-corrected chi connectivity index (χ2v) is 4.53. The molecule has 1 rings (SSSR count). The molecule has 4 heteroatoms. The lowest BCUT2D eigenvalue weighted by atomic mass is 9.86. The average Bonchev–Trinajstić information content (AvgIpc) is 2.35. The van der Waals surface area contributed by atoms with Crippen LogP contribution in [0.25, 0.3) is 0 Å². The van der Waals surface area contributed by atoms with Gasteiger partial charge >= 0.3 is 5.97 Å². The molecule has 0 aromatic rings. The van der Waals surface area contributed by atoms with Gasteiger partial charge in [0.1, 0.15) is 0 Å². The molecule has 0 amide bonds. The summed E-state index contributed by atoms with van der Waals surface area (Å²) < 4.78 is 4.52. The van der Waals surface area contributed by atoms with Gasteiger partial charge < -0.3 is 9.84 Å². The highest BCUT2D eigenvalue weighted by Crippen LogP contribution is 2.27. The quantitative estimate of drug-likeness (QED) is 0.620. The van der Waals surface area contributed by atoms with Gasteiger partial charge in [0.15, 0.2) is 0 Å². The Morgan fingerprint density at radius 1 is 1.28 bits per heavy atom. The molecule has 0 heterocycles. The van der Waals surface area contributed by atoms with Crippen molar-refractivity contribution in [2.75, 3.05) is 7.11 Å². The summed E-state index contributed by atoms with van der Waals surface area (Å²) >= 11 is 0. The molecule has 0 bridgehead atoms. The van der Waals surface area contributed by atoms with Crippen molar-refractivity contribution in [1.29, 1.82) is 0 Å². The van der Waals surface area contributed by atoms with Crippen molar-refractivity contribution >= 4 is 11.9 Å². The maximum Gasteiger partial charge on any atom is 0.330 e. The predicted octanol–water partition coefficient (Wildman–Crippen LogP) is 3.17. The second-order valence-electron chi connectivity index (χ2n) is 4.53. The summed E-state index contributed by atoms with van der Waals surface area (Å²) in [5.74, 6) is -0.181. The van der Waals surface area contributed by atoms with Crippen LogP contribution >= 0.6 is 0 Å². The minimum atomic E-state index is -0.833. The third-order valence-electron chi connectivity index (χ3n) is 2.92. The predicted molar refractivity (Wildman–Crippen MR) is 70.3 cm³/mol. The number of hydrogen-bond acceptors (Lipinski definition) is 3. The van der Waals surface area contributed by atoms with Crippen LogP contribution in [0.4, 0.5) is 0 Å². The van der Waals surface area contributed by atoms with Gasteiger partial charge in [0.2, 0.25) is 0 Å². The smallest absolute Gasteiger partial charge is 0.330 e. The molecule has 0 aromatic heterocycles. The first-order valence-corrected chi connectivity index (χ1v) is 6.50. The number of carbonyl (C=O) groups excluding carboxylic acids is 1. The first kappa shape index (κ1) is 16.7. The lowest BCUT2D eigenvalue weighted by molar-refractivity contribution is -0.135. The minimum Gasteiger partial charge on any atom is -0.481 e. The number of methoxy groups -OCH3 is 1. The van der Waals surface area contributed by atoms with Gasteiger partial charge in [0.25, 0.3) is 5.97 Å². The molecule has 0 unspecified atom stereocenters. The molecule has 0 radical (unpaired) electrons. The van der Waals surface area contributed by atoms with Crippen LogP contribution in [-0.4, -0.2) is 24.2 Å². The zero-order chi connectivity index (χ0) is 13.8. The lowest BCUT2D eigenvalue weighted by Crippen LogP contribution is -2.05. The molecule has 104 valence electrons. The molecule has 0 spiro atoms. The molecule has 4 nitrogen and oxygen atoms in total. The van der Waals surface area contributed by atoms with Crippen molar-refractivity contribution in [2.45, 2.75) is 51.9 Å². The van der Waals surface area contributed by atoms with Crippen molar-refractivity contribution < 1.29 is 19.4 Å². The van der Waals surface area contributed by atoms with E-state index in [1.807, 2.05) is 6.08 Å². The molecular weight excluding hydrogens is 232 g/mol. The number of hydrogen-bond donors (Lipinski definition) is 1. The fourth-order valence-corrected chi connectivity index (χ4v) is 2.06. The zero-order valence-corrected chi connectivity index (χ0v) is 11.4. The molecule has 1 aliphatic rings. The summed E-state index contributed by atoms with van der Waals surface area (Å²) in [6, 6.07) is 0. The third-order valence-corrected chi connectivity index (χ3v) is 2.92. The minimum absolute atomic E-state index is 0.242. The Balaban J connectivity index is 0.000000631. The summed E-state index contributed by atoms with van der Waals surface area (Å²) in [6.45, 7) is 1.08. The summed E-state index contributed by atoms with van der Waals surface area (Å²) in [5, 5.41) is 7.42. The number of carbonyl (C=O) groups is 2. The Hall–Kier alpha value is -1.32. The van der Waals surface area contributed by atoms with Gasteiger partial charge in [-0.15, -0.1) is 0 Å². The van der Waals surface area contributed by atoms with E-state index in [-0.39, 0.29) is 5.97 Å². The molecule has 0 aliphatic heterocycles. The van der Waals surface area contributed by atoms with Gasteiger partial charge in [-0.25, -0.2) is 4.79 Å². The lowest BCUT2D eigenvalue weighted by Gasteiger charge is -2.20. The Kier molecular flexibility index (Phi) is 10.0. The van der Waals surface area contributed by atoms with Gasteiger partial charge in [0, 0.05) is 13.0 Å². The highest BCUT2D eigenvalue weighted by atomic mass is 16.5. The number of ether oxygens (including phenoxy) is 1. The van der Waals surface area contributed by atoms with Crippen LogP contribution in [0.3, 0.4) is 0 Å². The SMILES string of the molecule is CC(=O)O.COC(=O)C=CCCC1CCCCC1. The number of aliphatic carboxylic acids is 1. The Morgan fingerprint density at radius 2 is 1.83 bits per heavy atom. The van der Waals surface area contributed by atoms with Gasteiger partial charge in [-0.05, 0) is 18.8 Å².